The lowest BCUT2D eigenvalue weighted by Gasteiger charge is -2.03. The minimum atomic E-state index is 0.0258. The van der Waals surface area contributed by atoms with Gasteiger partial charge in [-0.2, -0.15) is 5.11 Å². The fraction of sp³-hybridized carbons (Fsp3) is 0.143. The molecule has 0 aliphatic heterocycles. The number of rotatable bonds is 2. The second-order valence-electron chi connectivity index (χ2n) is 4.25. The summed E-state index contributed by atoms with van der Waals surface area (Å²) < 4.78 is 0.495. The molecule has 0 spiro atoms. The van der Waals surface area contributed by atoms with E-state index in [1.54, 1.807) is 12.1 Å². The first kappa shape index (κ1) is 14.0. The third-order valence-corrected chi connectivity index (χ3v) is 3.45. The third kappa shape index (κ3) is 3.33. The Balaban J connectivity index is 2.38. The van der Waals surface area contributed by atoms with Gasteiger partial charge in [0.2, 0.25) is 0 Å². The summed E-state index contributed by atoms with van der Waals surface area (Å²) >= 11 is 9.12. The number of hydrogen-bond acceptors (Lipinski definition) is 3. The Bertz CT molecular complexity index is 656. The Morgan fingerprint density at radius 3 is 2.42 bits per heavy atom. The zero-order valence-electron chi connectivity index (χ0n) is 10.5. The van der Waals surface area contributed by atoms with Crippen LogP contribution in [0.5, 0.6) is 5.75 Å². The maximum Gasteiger partial charge on any atom is 0.157 e. The lowest BCUT2D eigenvalue weighted by molar-refractivity contribution is 0.473. The zero-order valence-corrected chi connectivity index (χ0v) is 12.8. The van der Waals surface area contributed by atoms with Gasteiger partial charge in [0.1, 0.15) is 5.69 Å². The SMILES string of the molecule is Cc1ccc(N=Nc2cc(Cl)cc(Br)c2O)c(C)c1. The van der Waals surface area contributed by atoms with Gasteiger partial charge in [-0.25, -0.2) is 0 Å². The minimum absolute atomic E-state index is 0.0258. The molecule has 1 N–H and O–H groups in total. The van der Waals surface area contributed by atoms with Crippen LogP contribution in [-0.4, -0.2) is 5.11 Å². The van der Waals surface area contributed by atoms with Crippen LogP contribution in [0, 0.1) is 13.8 Å². The molecule has 5 heteroatoms. The van der Waals surface area contributed by atoms with Gasteiger partial charge in [-0.1, -0.05) is 29.3 Å². The number of aryl methyl sites for hydroxylation is 2. The van der Waals surface area contributed by atoms with E-state index in [-0.39, 0.29) is 5.75 Å². The summed E-state index contributed by atoms with van der Waals surface area (Å²) in [6.07, 6.45) is 0. The van der Waals surface area contributed by atoms with Crippen molar-refractivity contribution in [2.45, 2.75) is 13.8 Å². The Morgan fingerprint density at radius 1 is 1.05 bits per heavy atom. The molecule has 3 nitrogen and oxygen atoms in total. The van der Waals surface area contributed by atoms with Gasteiger partial charge in [0, 0.05) is 5.02 Å². The van der Waals surface area contributed by atoms with E-state index in [1.165, 1.54) is 5.56 Å². The van der Waals surface area contributed by atoms with Crippen molar-refractivity contribution in [3.05, 3.63) is 51.0 Å². The number of azo groups is 1. The number of hydrogen-bond donors (Lipinski definition) is 1. The molecule has 2 aromatic carbocycles. The van der Waals surface area contributed by atoms with Crippen molar-refractivity contribution in [3.63, 3.8) is 0 Å². The largest absolute Gasteiger partial charge is 0.505 e. The fourth-order valence-electron chi connectivity index (χ4n) is 1.65. The minimum Gasteiger partial charge on any atom is -0.505 e. The predicted molar refractivity (Wildman–Crippen MR) is 80.9 cm³/mol. The molecule has 0 radical (unpaired) electrons. The quantitative estimate of drug-likeness (QED) is 0.686. The van der Waals surface area contributed by atoms with E-state index in [1.807, 2.05) is 32.0 Å². The molecule has 0 aliphatic carbocycles. The van der Waals surface area contributed by atoms with Crippen LogP contribution in [0.3, 0.4) is 0 Å². The highest BCUT2D eigenvalue weighted by Crippen LogP contribution is 2.38. The molecule has 0 heterocycles. The highest BCUT2D eigenvalue weighted by molar-refractivity contribution is 9.10. The second-order valence-corrected chi connectivity index (χ2v) is 5.54. The Hall–Kier alpha value is -1.39. The topological polar surface area (TPSA) is 45.0 Å². The van der Waals surface area contributed by atoms with Crippen molar-refractivity contribution in [1.29, 1.82) is 0 Å². The van der Waals surface area contributed by atoms with E-state index in [9.17, 15) is 5.11 Å². The standard InChI is InChI=1S/C14H12BrClN2O/c1-8-3-4-12(9(2)5-8)17-18-13-7-10(16)6-11(15)14(13)19/h3-7,19H,1-2H3. The van der Waals surface area contributed by atoms with Crippen LogP contribution in [-0.2, 0) is 0 Å². The first-order valence-corrected chi connectivity index (χ1v) is 6.81. The maximum absolute atomic E-state index is 9.85. The zero-order chi connectivity index (χ0) is 14.0. The van der Waals surface area contributed by atoms with E-state index in [4.69, 9.17) is 11.6 Å². The van der Waals surface area contributed by atoms with Gasteiger partial charge in [-0.15, -0.1) is 5.11 Å². The molecule has 0 unspecified atom stereocenters. The number of nitrogens with zero attached hydrogens (tertiary/aromatic N) is 2. The highest BCUT2D eigenvalue weighted by atomic mass is 79.9. The van der Waals surface area contributed by atoms with Crippen molar-refractivity contribution in [1.82, 2.24) is 0 Å². The summed E-state index contributed by atoms with van der Waals surface area (Å²) in [5.41, 5.74) is 3.30. The second kappa shape index (κ2) is 5.72. The van der Waals surface area contributed by atoms with E-state index >= 15 is 0 Å². The van der Waals surface area contributed by atoms with E-state index < -0.39 is 0 Å². The summed E-state index contributed by atoms with van der Waals surface area (Å²) in [7, 11) is 0. The van der Waals surface area contributed by atoms with Crippen LogP contribution in [0.1, 0.15) is 11.1 Å². The van der Waals surface area contributed by atoms with Crippen molar-refractivity contribution in [2.75, 3.05) is 0 Å². The van der Waals surface area contributed by atoms with Gasteiger partial charge < -0.3 is 5.11 Å². The number of phenols is 1. The van der Waals surface area contributed by atoms with Crippen molar-refractivity contribution >= 4 is 38.9 Å². The summed E-state index contributed by atoms with van der Waals surface area (Å²) in [5.74, 6) is 0.0258. The normalized spacial score (nSPS) is 11.2. The van der Waals surface area contributed by atoms with Gasteiger partial charge in [-0.05, 0) is 53.5 Å². The molecule has 0 atom stereocenters. The smallest absolute Gasteiger partial charge is 0.157 e. The average Bonchev–Trinajstić information content (AvgIpc) is 2.33. The van der Waals surface area contributed by atoms with Crippen LogP contribution < -0.4 is 0 Å². The molecule has 0 amide bonds. The van der Waals surface area contributed by atoms with Crippen LogP contribution >= 0.6 is 27.5 Å². The molecule has 98 valence electrons. The molecule has 0 aromatic heterocycles. The maximum atomic E-state index is 9.85. The third-order valence-electron chi connectivity index (χ3n) is 2.63. The summed E-state index contributed by atoms with van der Waals surface area (Å²) in [4.78, 5) is 0. The van der Waals surface area contributed by atoms with Gasteiger partial charge in [-0.3, -0.25) is 0 Å². The highest BCUT2D eigenvalue weighted by Gasteiger charge is 2.07. The van der Waals surface area contributed by atoms with E-state index in [0.29, 0.717) is 15.2 Å². The number of halogens is 2. The van der Waals surface area contributed by atoms with Gasteiger partial charge >= 0.3 is 0 Å². The van der Waals surface area contributed by atoms with Crippen LogP contribution in [0.2, 0.25) is 5.02 Å². The molecular weight excluding hydrogens is 328 g/mol. The summed E-state index contributed by atoms with van der Waals surface area (Å²) in [6, 6.07) is 9.06. The molecule has 2 aromatic rings. The number of aromatic hydroxyl groups is 1. The fourth-order valence-corrected chi connectivity index (χ4v) is 2.45. The van der Waals surface area contributed by atoms with Gasteiger partial charge in [0.05, 0.1) is 10.2 Å². The van der Waals surface area contributed by atoms with E-state index in [2.05, 4.69) is 26.2 Å². The summed E-state index contributed by atoms with van der Waals surface area (Å²) in [6.45, 7) is 3.99. The Labute approximate surface area is 125 Å². The molecule has 0 bridgehead atoms. The van der Waals surface area contributed by atoms with E-state index in [0.717, 1.165) is 11.3 Å². The average molecular weight is 340 g/mol. The van der Waals surface area contributed by atoms with Crippen LogP contribution in [0.15, 0.2) is 45.0 Å². The first-order valence-electron chi connectivity index (χ1n) is 5.64. The molecule has 0 fully saturated rings. The van der Waals surface area contributed by atoms with Gasteiger partial charge in [0.15, 0.2) is 5.75 Å². The molecule has 0 aliphatic rings. The van der Waals surface area contributed by atoms with Crippen molar-refractivity contribution in [3.8, 4) is 5.75 Å². The molecular formula is C14H12BrClN2O. The Morgan fingerprint density at radius 2 is 1.74 bits per heavy atom. The van der Waals surface area contributed by atoms with Crippen LogP contribution in [0.25, 0.3) is 0 Å². The molecule has 19 heavy (non-hydrogen) atoms. The first-order chi connectivity index (χ1) is 8.97. The number of phenolic OH excluding ortho intramolecular Hbond substituents is 1. The lowest BCUT2D eigenvalue weighted by Crippen LogP contribution is -1.77. The Kier molecular flexibility index (Phi) is 4.22. The van der Waals surface area contributed by atoms with Crippen LogP contribution in [0.4, 0.5) is 11.4 Å². The predicted octanol–water partition coefficient (Wildman–Crippen LogP) is 5.84. The summed E-state index contributed by atoms with van der Waals surface area (Å²) in [5, 5.41) is 18.5. The van der Waals surface area contributed by atoms with Crippen molar-refractivity contribution in [2.24, 2.45) is 10.2 Å². The molecule has 0 saturated carbocycles. The van der Waals surface area contributed by atoms with Gasteiger partial charge in [0.25, 0.3) is 0 Å². The van der Waals surface area contributed by atoms with Crippen molar-refractivity contribution < 1.29 is 5.11 Å². The number of benzene rings is 2. The monoisotopic (exact) mass is 338 g/mol. The lowest BCUT2D eigenvalue weighted by atomic mass is 10.1. The molecule has 2 rings (SSSR count). The molecule has 0 saturated heterocycles.